The lowest BCUT2D eigenvalue weighted by molar-refractivity contribution is -0.138. The second-order valence-electron chi connectivity index (χ2n) is 6.36. The number of alkyl halides is 3. The topological polar surface area (TPSA) is 36.4 Å². The third-order valence-corrected chi connectivity index (χ3v) is 4.91. The minimum atomic E-state index is -4.46. The summed E-state index contributed by atoms with van der Waals surface area (Å²) in [6.45, 7) is 2.05. The lowest BCUT2D eigenvalue weighted by Gasteiger charge is -2.36. The van der Waals surface area contributed by atoms with Gasteiger partial charge in [-0.05, 0) is 24.8 Å². The fourth-order valence-corrected chi connectivity index (χ4v) is 3.49. The van der Waals surface area contributed by atoms with Gasteiger partial charge in [-0.2, -0.15) is 13.2 Å². The Hall–Kier alpha value is -1.76. The maximum atomic E-state index is 12.7. The first-order valence-corrected chi connectivity index (χ1v) is 8.64. The molecule has 136 valence electrons. The van der Waals surface area contributed by atoms with E-state index in [0.29, 0.717) is 44.3 Å². The summed E-state index contributed by atoms with van der Waals surface area (Å²) in [6, 6.07) is 0.897. The lowest BCUT2D eigenvalue weighted by Crippen LogP contribution is -2.49. The highest BCUT2D eigenvalue weighted by Gasteiger charge is 2.32. The summed E-state index contributed by atoms with van der Waals surface area (Å²) >= 11 is 5.99. The zero-order chi connectivity index (χ0) is 18.0. The van der Waals surface area contributed by atoms with Gasteiger partial charge in [0.2, 0.25) is 5.91 Å². The number of hydrogen-bond acceptors (Lipinski definition) is 3. The Labute approximate surface area is 149 Å². The van der Waals surface area contributed by atoms with Crippen LogP contribution in [0.4, 0.5) is 19.0 Å². The van der Waals surface area contributed by atoms with Crippen molar-refractivity contribution in [2.75, 3.05) is 31.1 Å². The average Bonchev–Trinajstić information content (AvgIpc) is 3.07. The summed E-state index contributed by atoms with van der Waals surface area (Å²) < 4.78 is 38.1. The molecule has 2 aliphatic rings. The molecule has 1 aromatic heterocycles. The molecule has 4 nitrogen and oxygen atoms in total. The first-order valence-electron chi connectivity index (χ1n) is 8.26. The Bertz CT molecular complexity index is 670. The summed E-state index contributed by atoms with van der Waals surface area (Å²) in [5.74, 6) is 0.791. The maximum absolute atomic E-state index is 12.7. The highest BCUT2D eigenvalue weighted by Crippen LogP contribution is 2.33. The zero-order valence-electron chi connectivity index (χ0n) is 13.6. The van der Waals surface area contributed by atoms with Crippen molar-refractivity contribution < 1.29 is 18.0 Å². The molecule has 1 aromatic rings. The zero-order valence-corrected chi connectivity index (χ0v) is 14.4. The monoisotopic (exact) mass is 373 g/mol. The molecule has 1 saturated heterocycles. The summed E-state index contributed by atoms with van der Waals surface area (Å²) in [5, 5.41) is -0.0225. The highest BCUT2D eigenvalue weighted by atomic mass is 35.5. The van der Waals surface area contributed by atoms with Gasteiger partial charge in [0, 0.05) is 38.8 Å². The van der Waals surface area contributed by atoms with Crippen LogP contribution in [-0.2, 0) is 11.0 Å². The molecular weight excluding hydrogens is 355 g/mol. The number of carbonyl (C=O) groups excluding carboxylic acids is 1. The Morgan fingerprint density at radius 2 is 2.00 bits per heavy atom. The Kier molecular flexibility index (Phi) is 5.22. The normalized spacial score (nSPS) is 21.0. The molecule has 1 amide bonds. The fraction of sp³-hybridized carbons (Fsp3) is 0.529. The van der Waals surface area contributed by atoms with E-state index in [0.717, 1.165) is 25.1 Å². The second-order valence-corrected chi connectivity index (χ2v) is 6.77. The van der Waals surface area contributed by atoms with Crippen LogP contribution in [0.3, 0.4) is 0 Å². The van der Waals surface area contributed by atoms with E-state index in [1.807, 2.05) is 4.90 Å². The van der Waals surface area contributed by atoms with Gasteiger partial charge >= 0.3 is 6.18 Å². The van der Waals surface area contributed by atoms with Gasteiger partial charge in [0.15, 0.2) is 0 Å². The number of rotatable bonds is 3. The molecule has 3 rings (SSSR count). The van der Waals surface area contributed by atoms with Crippen molar-refractivity contribution in [2.45, 2.75) is 25.4 Å². The molecule has 25 heavy (non-hydrogen) atoms. The van der Waals surface area contributed by atoms with E-state index in [4.69, 9.17) is 11.6 Å². The number of carbonyl (C=O) groups is 1. The van der Waals surface area contributed by atoms with Crippen molar-refractivity contribution in [3.63, 3.8) is 0 Å². The third-order valence-electron chi connectivity index (χ3n) is 4.63. The minimum absolute atomic E-state index is 0.0225. The van der Waals surface area contributed by atoms with Gasteiger partial charge in [0.1, 0.15) is 5.82 Å². The highest BCUT2D eigenvalue weighted by molar-refractivity contribution is 6.33. The molecule has 0 radical (unpaired) electrons. The second kappa shape index (κ2) is 7.23. The average molecular weight is 374 g/mol. The third kappa shape index (κ3) is 4.26. The van der Waals surface area contributed by atoms with Crippen molar-refractivity contribution in [3.8, 4) is 0 Å². The van der Waals surface area contributed by atoms with Gasteiger partial charge in [0.25, 0.3) is 0 Å². The number of piperazine rings is 1. The van der Waals surface area contributed by atoms with E-state index in [1.165, 1.54) is 0 Å². The van der Waals surface area contributed by atoms with Gasteiger partial charge in [-0.1, -0.05) is 23.8 Å². The van der Waals surface area contributed by atoms with Crippen LogP contribution in [-0.4, -0.2) is 42.0 Å². The lowest BCUT2D eigenvalue weighted by atomic mass is 10.0. The number of halogens is 4. The van der Waals surface area contributed by atoms with Crippen LogP contribution in [0.1, 0.15) is 24.8 Å². The van der Waals surface area contributed by atoms with Crippen molar-refractivity contribution in [3.05, 3.63) is 35.0 Å². The Morgan fingerprint density at radius 3 is 2.56 bits per heavy atom. The molecule has 8 heteroatoms. The summed E-state index contributed by atoms with van der Waals surface area (Å²) in [6.07, 6.45) is 3.12. The Balaban J connectivity index is 1.58. The molecule has 0 bridgehead atoms. The molecule has 1 fully saturated rings. The number of allylic oxidation sites excluding steroid dienone is 2. The smallest absolute Gasteiger partial charge is 0.352 e. The van der Waals surface area contributed by atoms with Crippen LogP contribution in [0.5, 0.6) is 0 Å². The molecular formula is C17H19ClF3N3O. The van der Waals surface area contributed by atoms with Gasteiger partial charge in [0.05, 0.1) is 10.6 Å². The number of hydrogen-bond donors (Lipinski definition) is 0. The van der Waals surface area contributed by atoms with Crippen molar-refractivity contribution in [1.82, 2.24) is 9.88 Å². The summed E-state index contributed by atoms with van der Waals surface area (Å²) in [4.78, 5) is 19.8. The van der Waals surface area contributed by atoms with Gasteiger partial charge in [-0.15, -0.1) is 0 Å². The van der Waals surface area contributed by atoms with Crippen molar-refractivity contribution in [2.24, 2.45) is 5.92 Å². The van der Waals surface area contributed by atoms with Crippen LogP contribution in [0.25, 0.3) is 0 Å². The van der Waals surface area contributed by atoms with Crippen LogP contribution in [0.2, 0.25) is 5.02 Å². The predicted molar refractivity (Wildman–Crippen MR) is 89.5 cm³/mol. The number of aromatic nitrogens is 1. The van der Waals surface area contributed by atoms with E-state index in [9.17, 15) is 18.0 Å². The van der Waals surface area contributed by atoms with Crippen LogP contribution in [0, 0.1) is 5.92 Å². The molecule has 0 saturated carbocycles. The van der Waals surface area contributed by atoms with E-state index >= 15 is 0 Å². The number of amides is 1. The van der Waals surface area contributed by atoms with Crippen LogP contribution >= 0.6 is 11.6 Å². The Morgan fingerprint density at radius 1 is 1.28 bits per heavy atom. The SMILES string of the molecule is O=C(CC1C=CCC1)N1CCN(c2ncc(C(F)(F)F)cc2Cl)CC1. The van der Waals surface area contributed by atoms with E-state index in [-0.39, 0.29) is 10.9 Å². The van der Waals surface area contributed by atoms with Crippen molar-refractivity contribution >= 4 is 23.3 Å². The fourth-order valence-electron chi connectivity index (χ4n) is 3.20. The van der Waals surface area contributed by atoms with Gasteiger partial charge < -0.3 is 9.80 Å². The molecule has 1 aliphatic carbocycles. The molecule has 1 aliphatic heterocycles. The molecule has 2 heterocycles. The maximum Gasteiger partial charge on any atom is 0.417 e. The minimum Gasteiger partial charge on any atom is -0.352 e. The number of nitrogens with zero attached hydrogens (tertiary/aromatic N) is 3. The molecule has 1 unspecified atom stereocenters. The van der Waals surface area contributed by atoms with Crippen LogP contribution < -0.4 is 4.90 Å². The van der Waals surface area contributed by atoms with E-state index in [1.54, 1.807) is 4.90 Å². The molecule has 1 atom stereocenters. The van der Waals surface area contributed by atoms with Gasteiger partial charge in [-0.25, -0.2) is 4.98 Å². The van der Waals surface area contributed by atoms with Crippen LogP contribution in [0.15, 0.2) is 24.4 Å². The quantitative estimate of drug-likeness (QED) is 0.757. The predicted octanol–water partition coefficient (Wildman–Crippen LogP) is 3.76. The number of pyridine rings is 1. The summed E-state index contributed by atoms with van der Waals surface area (Å²) in [5.41, 5.74) is -0.861. The van der Waals surface area contributed by atoms with E-state index in [2.05, 4.69) is 17.1 Å². The van der Waals surface area contributed by atoms with Crippen molar-refractivity contribution in [1.29, 1.82) is 0 Å². The number of anilines is 1. The molecule has 0 spiro atoms. The largest absolute Gasteiger partial charge is 0.417 e. The molecule has 0 N–H and O–H groups in total. The first kappa shape index (κ1) is 18.0. The summed E-state index contributed by atoms with van der Waals surface area (Å²) in [7, 11) is 0. The first-order chi connectivity index (χ1) is 11.8. The van der Waals surface area contributed by atoms with Gasteiger partial charge in [-0.3, -0.25) is 4.79 Å². The molecule has 0 aromatic carbocycles. The standard InChI is InChI=1S/C17H19ClF3N3O/c18-14-10-13(17(19,20)21)11-22-16(14)24-7-5-23(6-8-24)15(25)9-12-3-1-2-4-12/h1,3,10-12H,2,4-9H2. The van der Waals surface area contributed by atoms with E-state index < -0.39 is 11.7 Å².